The average molecular weight is 369 g/mol. The van der Waals surface area contributed by atoms with Crippen LogP contribution in [-0.4, -0.2) is 25.5 Å². The van der Waals surface area contributed by atoms with Crippen molar-refractivity contribution in [3.8, 4) is 0 Å². The van der Waals surface area contributed by atoms with Gasteiger partial charge in [0, 0.05) is 24.5 Å². The fourth-order valence-corrected chi connectivity index (χ4v) is 3.08. The molecule has 130 valence electrons. The lowest BCUT2D eigenvalue weighted by molar-refractivity contribution is -0.196. The van der Waals surface area contributed by atoms with Crippen LogP contribution in [0.3, 0.4) is 0 Å². The summed E-state index contributed by atoms with van der Waals surface area (Å²) in [5.74, 6) is -0.288. The molecular formula is C15H12F3N4O2S+. The maximum absolute atomic E-state index is 14.0. The van der Waals surface area contributed by atoms with Gasteiger partial charge in [0.1, 0.15) is 6.20 Å². The summed E-state index contributed by atoms with van der Waals surface area (Å²) in [6.07, 6.45) is -0.0959. The van der Waals surface area contributed by atoms with Crippen LogP contribution in [0, 0.1) is 0 Å². The van der Waals surface area contributed by atoms with Crippen LogP contribution in [0.5, 0.6) is 0 Å². The van der Waals surface area contributed by atoms with Gasteiger partial charge in [-0.15, -0.1) is 17.7 Å². The largest absolute Gasteiger partial charge is 0.576 e. The fraction of sp³-hybridized carbons (Fsp3) is 0.0667. The maximum Gasteiger partial charge on any atom is 0.576 e. The molecule has 1 aliphatic heterocycles. The highest BCUT2D eigenvalue weighted by Gasteiger charge is 2.61. The van der Waals surface area contributed by atoms with Gasteiger partial charge < -0.3 is 0 Å². The van der Waals surface area contributed by atoms with Crippen molar-refractivity contribution in [2.45, 2.75) is 11.2 Å². The zero-order valence-electron chi connectivity index (χ0n) is 12.6. The lowest BCUT2D eigenvalue weighted by Gasteiger charge is -2.32. The van der Waals surface area contributed by atoms with Crippen LogP contribution in [0.1, 0.15) is 5.56 Å². The molecule has 1 atom stereocenters. The molecule has 0 fully saturated rings. The van der Waals surface area contributed by atoms with Crippen LogP contribution < -0.4 is 9.62 Å². The zero-order valence-corrected chi connectivity index (χ0v) is 13.4. The normalized spacial score (nSPS) is 20.6. The van der Waals surface area contributed by atoms with Crippen molar-refractivity contribution in [1.82, 2.24) is 9.47 Å². The van der Waals surface area contributed by atoms with E-state index < -0.39 is 20.8 Å². The first-order chi connectivity index (χ1) is 11.7. The summed E-state index contributed by atoms with van der Waals surface area (Å²) in [7, 11) is -4.01. The summed E-state index contributed by atoms with van der Waals surface area (Å²) >= 11 is 0. The molecule has 0 saturated carbocycles. The third kappa shape index (κ3) is 2.84. The van der Waals surface area contributed by atoms with Gasteiger partial charge in [-0.3, -0.25) is 4.98 Å². The summed E-state index contributed by atoms with van der Waals surface area (Å²) < 4.78 is 63.2. The molecular weight excluding hydrogens is 357 g/mol. The number of halogens is 3. The van der Waals surface area contributed by atoms with E-state index in [9.17, 15) is 21.6 Å². The number of alkyl halides is 3. The minimum atomic E-state index is -4.76. The number of primary sulfonamides is 1. The maximum atomic E-state index is 14.0. The van der Waals surface area contributed by atoms with Crippen molar-refractivity contribution in [2.24, 2.45) is 10.1 Å². The van der Waals surface area contributed by atoms with Crippen LogP contribution in [0.25, 0.3) is 0 Å². The number of pyridine rings is 1. The number of nitrogens with two attached hydrogens (primary N) is 1. The molecule has 0 aliphatic carbocycles. The lowest BCUT2D eigenvalue weighted by Crippen LogP contribution is -2.58. The third-order valence-corrected chi connectivity index (χ3v) is 4.64. The summed E-state index contributed by atoms with van der Waals surface area (Å²) in [6, 6.07) is 7.16. The van der Waals surface area contributed by atoms with Crippen molar-refractivity contribution < 1.29 is 21.6 Å². The average Bonchev–Trinajstić information content (AvgIpc) is 3.01. The number of quaternary nitrogens is 1. The minimum Gasteiger partial charge on any atom is -0.264 e. The molecule has 6 nitrogen and oxygen atoms in total. The number of aromatic nitrogens is 1. The summed E-state index contributed by atoms with van der Waals surface area (Å²) in [5, 5.41) is 5.00. The highest BCUT2D eigenvalue weighted by atomic mass is 32.2. The molecule has 25 heavy (non-hydrogen) atoms. The Hall–Kier alpha value is -2.56. The Bertz CT molecular complexity index is 955. The summed E-state index contributed by atoms with van der Waals surface area (Å²) in [6.45, 7) is 0. The number of hydrogen-bond donors (Lipinski definition) is 1. The van der Waals surface area contributed by atoms with Crippen molar-refractivity contribution in [3.05, 3.63) is 66.8 Å². The van der Waals surface area contributed by atoms with E-state index in [0.29, 0.717) is 0 Å². The van der Waals surface area contributed by atoms with Gasteiger partial charge in [0.05, 0.1) is 16.7 Å². The number of benzene rings is 1. The van der Waals surface area contributed by atoms with E-state index in [0.717, 1.165) is 36.7 Å². The molecule has 2 N–H and O–H groups in total. The molecule has 0 spiro atoms. The molecule has 1 aromatic carbocycles. The summed E-state index contributed by atoms with van der Waals surface area (Å²) in [4.78, 5) is 7.44. The highest BCUT2D eigenvalue weighted by molar-refractivity contribution is 7.89. The van der Waals surface area contributed by atoms with Gasteiger partial charge in [-0.1, -0.05) is 0 Å². The SMILES string of the molecule is NS(=O)(=O)c1ccc([N+]2(C(F)(F)F)C=CN=C2c2cccnc2)cc1. The van der Waals surface area contributed by atoms with Gasteiger partial charge >= 0.3 is 6.30 Å². The van der Waals surface area contributed by atoms with Crippen LogP contribution in [-0.2, 0) is 10.0 Å². The van der Waals surface area contributed by atoms with E-state index >= 15 is 0 Å². The quantitative estimate of drug-likeness (QED) is 0.666. The van der Waals surface area contributed by atoms with Gasteiger partial charge in [-0.05, 0) is 24.3 Å². The van der Waals surface area contributed by atoms with Crippen LogP contribution in [0.15, 0.2) is 71.1 Å². The molecule has 0 amide bonds. The molecule has 3 rings (SSSR count). The second-order valence-electron chi connectivity index (χ2n) is 5.22. The summed E-state index contributed by atoms with van der Waals surface area (Å²) in [5.41, 5.74) is -0.0309. The van der Waals surface area contributed by atoms with E-state index in [1.807, 2.05) is 0 Å². The smallest absolute Gasteiger partial charge is 0.264 e. The molecule has 0 bridgehead atoms. The van der Waals surface area contributed by atoms with Gasteiger partial charge in [0.2, 0.25) is 10.0 Å². The zero-order chi connectivity index (χ0) is 18.3. The monoisotopic (exact) mass is 369 g/mol. The molecule has 0 radical (unpaired) electrons. The number of rotatable bonds is 3. The molecule has 2 aromatic rings. The number of nitrogens with zero attached hydrogens (tertiary/aromatic N) is 3. The third-order valence-electron chi connectivity index (χ3n) is 3.71. The molecule has 1 aliphatic rings. The van der Waals surface area contributed by atoms with Gasteiger partial charge in [0.25, 0.3) is 5.84 Å². The van der Waals surface area contributed by atoms with Crippen LogP contribution in [0.4, 0.5) is 18.9 Å². The number of hydrogen-bond acceptors (Lipinski definition) is 4. The standard InChI is InChI=1S/C15H12F3N4O2S/c16-15(17,18)22(12-3-5-13(6-4-12)25(19,23)24)9-8-21-14(22)11-2-1-7-20-10-11/h1-10H,(H2,19,23,24)/q+1. The first-order valence-electron chi connectivity index (χ1n) is 6.92. The minimum absolute atomic E-state index is 0.195. The highest BCUT2D eigenvalue weighted by Crippen LogP contribution is 2.42. The molecule has 2 heterocycles. The number of amidine groups is 1. The van der Waals surface area contributed by atoms with E-state index in [-0.39, 0.29) is 22.0 Å². The second kappa shape index (κ2) is 5.76. The fourth-order valence-electron chi connectivity index (χ4n) is 2.57. The van der Waals surface area contributed by atoms with E-state index in [1.54, 1.807) is 0 Å². The molecule has 1 aromatic heterocycles. The first-order valence-corrected chi connectivity index (χ1v) is 8.46. The van der Waals surface area contributed by atoms with Crippen molar-refractivity contribution in [3.63, 3.8) is 0 Å². The Balaban J connectivity index is 2.19. The lowest BCUT2D eigenvalue weighted by atomic mass is 10.1. The van der Waals surface area contributed by atoms with E-state index in [1.165, 1.54) is 24.5 Å². The topological polar surface area (TPSA) is 85.4 Å². The predicted molar refractivity (Wildman–Crippen MR) is 85.6 cm³/mol. The Morgan fingerprint density at radius 3 is 2.28 bits per heavy atom. The van der Waals surface area contributed by atoms with E-state index in [2.05, 4.69) is 9.98 Å². The second-order valence-corrected chi connectivity index (χ2v) is 6.78. The van der Waals surface area contributed by atoms with Crippen molar-refractivity contribution in [2.75, 3.05) is 0 Å². The Morgan fingerprint density at radius 1 is 1.08 bits per heavy atom. The van der Waals surface area contributed by atoms with Gasteiger partial charge in [-0.2, -0.15) is 4.99 Å². The van der Waals surface area contributed by atoms with Crippen molar-refractivity contribution >= 4 is 21.5 Å². The van der Waals surface area contributed by atoms with Gasteiger partial charge in [-0.25, -0.2) is 13.6 Å². The predicted octanol–water partition coefficient (Wildman–Crippen LogP) is 2.49. The Kier molecular flexibility index (Phi) is 3.98. The number of sulfonamides is 1. The van der Waals surface area contributed by atoms with Crippen LogP contribution >= 0.6 is 0 Å². The van der Waals surface area contributed by atoms with Crippen LogP contribution in [0.2, 0.25) is 0 Å². The number of aliphatic imine (C=N–C) groups is 1. The van der Waals surface area contributed by atoms with Crippen molar-refractivity contribution in [1.29, 1.82) is 0 Å². The molecule has 0 saturated heterocycles. The van der Waals surface area contributed by atoms with E-state index in [4.69, 9.17) is 5.14 Å². The Morgan fingerprint density at radius 2 is 1.76 bits per heavy atom. The Labute approximate surface area is 141 Å². The molecule has 10 heteroatoms. The molecule has 1 unspecified atom stereocenters. The first kappa shape index (κ1) is 17.3. The van der Waals surface area contributed by atoms with Gasteiger partial charge in [0.15, 0.2) is 5.69 Å².